The number of methoxy groups -OCH3 is 1. The van der Waals surface area contributed by atoms with E-state index >= 15 is 0 Å². The second-order valence-electron chi connectivity index (χ2n) is 3.54. The number of aromatic carboxylic acids is 1. The standard InChI is InChI=1S/C10H13O4P/c1-14-9-6-7(15(2,3)13)4-5-8(9)10(11)12/h4-6H,1-3H3,(H,11,12). The fourth-order valence-corrected chi connectivity index (χ4v) is 2.05. The van der Waals surface area contributed by atoms with Crippen molar-refractivity contribution in [3.05, 3.63) is 23.8 Å². The van der Waals surface area contributed by atoms with E-state index in [1.165, 1.54) is 19.2 Å². The first-order chi connectivity index (χ1) is 6.86. The number of carbonyl (C=O) groups is 1. The van der Waals surface area contributed by atoms with Crippen molar-refractivity contribution >= 4 is 18.4 Å². The van der Waals surface area contributed by atoms with Gasteiger partial charge in [0, 0.05) is 5.30 Å². The van der Waals surface area contributed by atoms with Gasteiger partial charge in [0.25, 0.3) is 0 Å². The number of rotatable bonds is 3. The lowest BCUT2D eigenvalue weighted by molar-refractivity contribution is 0.0693. The first-order valence-electron chi connectivity index (χ1n) is 4.33. The van der Waals surface area contributed by atoms with E-state index in [1.807, 2.05) is 0 Å². The van der Waals surface area contributed by atoms with E-state index in [9.17, 15) is 9.36 Å². The third-order valence-corrected chi connectivity index (χ3v) is 3.56. The average Bonchev–Trinajstić information content (AvgIpc) is 2.15. The summed E-state index contributed by atoms with van der Waals surface area (Å²) in [5.74, 6) is -0.815. The molecule has 0 aromatic heterocycles. The molecule has 15 heavy (non-hydrogen) atoms. The van der Waals surface area contributed by atoms with Crippen molar-refractivity contribution in [2.45, 2.75) is 0 Å². The molecule has 1 N–H and O–H groups in total. The smallest absolute Gasteiger partial charge is 0.339 e. The maximum Gasteiger partial charge on any atom is 0.339 e. The second-order valence-corrected chi connectivity index (χ2v) is 6.76. The summed E-state index contributed by atoms with van der Waals surface area (Å²) in [6.07, 6.45) is 0. The highest BCUT2D eigenvalue weighted by Crippen LogP contribution is 2.36. The van der Waals surface area contributed by atoms with Crippen LogP contribution in [0.1, 0.15) is 10.4 Å². The Bertz CT molecular complexity index is 433. The predicted molar refractivity (Wildman–Crippen MR) is 59.0 cm³/mol. The third-order valence-electron chi connectivity index (χ3n) is 2.04. The number of hydrogen-bond donors (Lipinski definition) is 1. The number of hydrogen-bond acceptors (Lipinski definition) is 3. The number of carboxylic acid groups (broad SMARTS) is 1. The summed E-state index contributed by atoms with van der Waals surface area (Å²) in [5.41, 5.74) is 0.0784. The number of carboxylic acids is 1. The topological polar surface area (TPSA) is 63.6 Å². The van der Waals surface area contributed by atoms with E-state index in [-0.39, 0.29) is 11.3 Å². The number of ether oxygens (including phenoxy) is 1. The summed E-state index contributed by atoms with van der Waals surface area (Å²) < 4.78 is 16.7. The molecule has 1 aromatic rings. The van der Waals surface area contributed by atoms with Crippen molar-refractivity contribution in [3.63, 3.8) is 0 Å². The Morgan fingerprint density at radius 2 is 2.00 bits per heavy atom. The lowest BCUT2D eigenvalue weighted by Crippen LogP contribution is -2.08. The van der Waals surface area contributed by atoms with E-state index < -0.39 is 13.1 Å². The molecule has 1 rings (SSSR count). The van der Waals surface area contributed by atoms with Crippen LogP contribution in [0.3, 0.4) is 0 Å². The maximum absolute atomic E-state index is 11.8. The van der Waals surface area contributed by atoms with Crippen molar-refractivity contribution < 1.29 is 19.2 Å². The SMILES string of the molecule is COc1cc(P(C)(C)=O)ccc1C(=O)O. The molecule has 4 nitrogen and oxygen atoms in total. The average molecular weight is 228 g/mol. The highest BCUT2D eigenvalue weighted by molar-refractivity contribution is 7.70. The molecule has 0 radical (unpaired) electrons. The van der Waals surface area contributed by atoms with E-state index in [1.54, 1.807) is 19.4 Å². The highest BCUT2D eigenvalue weighted by atomic mass is 31.2. The summed E-state index contributed by atoms with van der Waals surface area (Å²) >= 11 is 0. The van der Waals surface area contributed by atoms with Crippen LogP contribution in [0.5, 0.6) is 5.75 Å². The van der Waals surface area contributed by atoms with Crippen LogP contribution in [0.4, 0.5) is 0 Å². The Labute approximate surface area is 88.3 Å². The molecule has 82 valence electrons. The Kier molecular flexibility index (Phi) is 3.20. The van der Waals surface area contributed by atoms with Crippen LogP contribution < -0.4 is 10.0 Å². The summed E-state index contributed by atoms with van der Waals surface area (Å²) in [5, 5.41) is 9.46. The highest BCUT2D eigenvalue weighted by Gasteiger charge is 2.16. The normalized spacial score (nSPS) is 11.1. The third kappa shape index (κ3) is 2.60. The van der Waals surface area contributed by atoms with E-state index in [0.29, 0.717) is 5.30 Å². The summed E-state index contributed by atoms with van der Waals surface area (Å²) in [4.78, 5) is 10.8. The molecule has 5 heteroatoms. The van der Waals surface area contributed by atoms with Crippen molar-refractivity contribution in [3.8, 4) is 5.75 Å². The molecule has 0 amide bonds. The monoisotopic (exact) mass is 228 g/mol. The molecule has 0 saturated carbocycles. The summed E-state index contributed by atoms with van der Waals surface area (Å²) in [7, 11) is -0.991. The van der Waals surface area contributed by atoms with Gasteiger partial charge in [0.1, 0.15) is 18.5 Å². The first kappa shape index (κ1) is 11.8. The quantitative estimate of drug-likeness (QED) is 0.799. The van der Waals surface area contributed by atoms with Crippen molar-refractivity contribution in [2.75, 3.05) is 20.4 Å². The molecule has 0 aliphatic heterocycles. The Hall–Kier alpha value is -1.28. The van der Waals surface area contributed by atoms with Crippen LogP contribution >= 0.6 is 7.14 Å². The van der Waals surface area contributed by atoms with Gasteiger partial charge in [-0.3, -0.25) is 0 Å². The Balaban J connectivity index is 3.32. The lowest BCUT2D eigenvalue weighted by atomic mass is 10.2. The van der Waals surface area contributed by atoms with Crippen LogP contribution in [0.25, 0.3) is 0 Å². The molecule has 0 aliphatic carbocycles. The predicted octanol–water partition coefficient (Wildman–Crippen LogP) is 1.64. The molecule has 0 unspecified atom stereocenters. The van der Waals surface area contributed by atoms with Gasteiger partial charge >= 0.3 is 5.97 Å². The minimum Gasteiger partial charge on any atom is -0.496 e. The fraction of sp³-hybridized carbons (Fsp3) is 0.300. The molecule has 0 bridgehead atoms. The minimum absolute atomic E-state index is 0.0784. The van der Waals surface area contributed by atoms with Crippen molar-refractivity contribution in [1.29, 1.82) is 0 Å². The molecule has 0 fully saturated rings. The van der Waals surface area contributed by atoms with Gasteiger partial charge in [-0.15, -0.1) is 0 Å². The van der Waals surface area contributed by atoms with Crippen LogP contribution in [-0.4, -0.2) is 31.5 Å². The van der Waals surface area contributed by atoms with E-state index in [2.05, 4.69) is 0 Å². The Morgan fingerprint density at radius 3 is 2.40 bits per heavy atom. The molecule has 0 aliphatic rings. The lowest BCUT2D eigenvalue weighted by Gasteiger charge is -2.10. The molecule has 1 aromatic carbocycles. The van der Waals surface area contributed by atoms with E-state index in [0.717, 1.165) is 0 Å². The summed E-state index contributed by atoms with van der Waals surface area (Å²) in [6, 6.07) is 4.49. The van der Waals surface area contributed by atoms with E-state index in [4.69, 9.17) is 9.84 Å². The van der Waals surface area contributed by atoms with Gasteiger partial charge in [0.15, 0.2) is 0 Å². The molecular weight excluding hydrogens is 215 g/mol. The van der Waals surface area contributed by atoms with Gasteiger partial charge in [-0.25, -0.2) is 4.79 Å². The van der Waals surface area contributed by atoms with Gasteiger partial charge in [-0.05, 0) is 25.5 Å². The molecule has 0 atom stereocenters. The van der Waals surface area contributed by atoms with Crippen molar-refractivity contribution in [2.24, 2.45) is 0 Å². The molecular formula is C10H13O4P. The van der Waals surface area contributed by atoms with Gasteiger partial charge in [-0.1, -0.05) is 6.07 Å². The molecule has 0 heterocycles. The van der Waals surface area contributed by atoms with Crippen LogP contribution in [0.15, 0.2) is 18.2 Å². The zero-order chi connectivity index (χ0) is 11.6. The van der Waals surface area contributed by atoms with Gasteiger partial charge < -0.3 is 14.4 Å². The Morgan fingerprint density at radius 1 is 1.40 bits per heavy atom. The van der Waals surface area contributed by atoms with Gasteiger partial charge in [0.05, 0.1) is 7.11 Å². The van der Waals surface area contributed by atoms with Gasteiger partial charge in [-0.2, -0.15) is 0 Å². The molecule has 0 saturated heterocycles. The maximum atomic E-state index is 11.8. The van der Waals surface area contributed by atoms with Crippen LogP contribution in [-0.2, 0) is 4.57 Å². The second kappa shape index (κ2) is 4.07. The molecule has 0 spiro atoms. The van der Waals surface area contributed by atoms with Crippen molar-refractivity contribution in [1.82, 2.24) is 0 Å². The largest absolute Gasteiger partial charge is 0.496 e. The van der Waals surface area contributed by atoms with Gasteiger partial charge in [0.2, 0.25) is 0 Å². The van der Waals surface area contributed by atoms with Crippen LogP contribution in [0.2, 0.25) is 0 Å². The zero-order valence-electron chi connectivity index (χ0n) is 8.85. The minimum atomic E-state index is -2.38. The summed E-state index contributed by atoms with van der Waals surface area (Å²) in [6.45, 7) is 3.25. The fourth-order valence-electron chi connectivity index (χ4n) is 1.19. The number of benzene rings is 1. The first-order valence-corrected chi connectivity index (χ1v) is 6.93. The van der Waals surface area contributed by atoms with Crippen LogP contribution in [0, 0.1) is 0 Å². The zero-order valence-corrected chi connectivity index (χ0v) is 9.75.